The first-order chi connectivity index (χ1) is 21.4. The number of H-pyrrole nitrogens is 2. The Hall–Kier alpha value is -5.09. The maximum absolute atomic E-state index is 14.7. The molecule has 0 unspecified atom stereocenters. The molecule has 0 bridgehead atoms. The fourth-order valence-corrected chi connectivity index (χ4v) is 5.18. The number of hydrogen-bond donors (Lipinski definition) is 3. The fraction of sp³-hybridized carbons (Fsp3) is 0.235. The number of pyridine rings is 2. The zero-order valence-corrected chi connectivity index (χ0v) is 24.9. The Morgan fingerprint density at radius 3 is 2.70 bits per heavy atom. The van der Waals surface area contributed by atoms with Crippen LogP contribution in [-0.4, -0.2) is 63.2 Å². The van der Waals surface area contributed by atoms with Gasteiger partial charge >= 0.3 is 0 Å². The number of aromatic nitrogens is 5. The van der Waals surface area contributed by atoms with Crippen LogP contribution in [0.2, 0.25) is 0 Å². The second kappa shape index (κ2) is 12.6. The number of nitrogens with zero attached hydrogens (tertiary/aromatic N) is 4. The van der Waals surface area contributed by atoms with E-state index in [0.717, 1.165) is 69.3 Å². The van der Waals surface area contributed by atoms with Crippen LogP contribution in [0.15, 0.2) is 73.2 Å². The van der Waals surface area contributed by atoms with Crippen LogP contribution in [0.5, 0.6) is 5.75 Å². The Morgan fingerprint density at radius 2 is 1.86 bits per heavy atom. The van der Waals surface area contributed by atoms with Gasteiger partial charge in [0.1, 0.15) is 18.2 Å². The minimum atomic E-state index is -0.354. The van der Waals surface area contributed by atoms with Crippen LogP contribution in [0.3, 0.4) is 0 Å². The highest BCUT2D eigenvalue weighted by atomic mass is 19.1. The minimum Gasteiger partial charge on any atom is -0.492 e. The molecule has 0 spiro atoms. The van der Waals surface area contributed by atoms with Crippen LogP contribution in [0, 0.1) is 5.82 Å². The van der Waals surface area contributed by atoms with Crippen molar-refractivity contribution in [3.63, 3.8) is 0 Å². The van der Waals surface area contributed by atoms with Crippen molar-refractivity contribution < 1.29 is 13.9 Å². The van der Waals surface area contributed by atoms with Gasteiger partial charge in [0.2, 0.25) is 5.91 Å². The van der Waals surface area contributed by atoms with Crippen molar-refractivity contribution in [2.24, 2.45) is 0 Å². The van der Waals surface area contributed by atoms with Crippen molar-refractivity contribution >= 4 is 33.5 Å². The topological polar surface area (TPSA) is 112 Å². The summed E-state index contributed by atoms with van der Waals surface area (Å²) in [6.45, 7) is 3.25. The van der Waals surface area contributed by atoms with E-state index in [9.17, 15) is 9.18 Å². The molecule has 6 aromatic rings. The molecule has 1 amide bonds. The zero-order chi connectivity index (χ0) is 30.6. The predicted molar refractivity (Wildman–Crippen MR) is 172 cm³/mol. The lowest BCUT2D eigenvalue weighted by atomic mass is 10.0. The molecule has 6 rings (SSSR count). The van der Waals surface area contributed by atoms with Crippen molar-refractivity contribution in [3.8, 4) is 39.4 Å². The molecule has 2 aromatic carbocycles. The number of hydrogen-bond acceptors (Lipinski definition) is 6. The summed E-state index contributed by atoms with van der Waals surface area (Å²) in [5, 5.41) is 12.3. The molecule has 0 atom stereocenters. The smallest absolute Gasteiger partial charge is 0.224 e. The number of nitrogens with one attached hydrogen (secondary N) is 3. The molecule has 0 saturated carbocycles. The van der Waals surface area contributed by atoms with E-state index >= 15 is 0 Å². The van der Waals surface area contributed by atoms with E-state index in [1.54, 1.807) is 18.6 Å². The third-order valence-corrected chi connectivity index (χ3v) is 7.45. The lowest BCUT2D eigenvalue weighted by Gasteiger charge is -2.12. The van der Waals surface area contributed by atoms with Gasteiger partial charge in [0.05, 0.1) is 23.3 Å². The van der Waals surface area contributed by atoms with E-state index < -0.39 is 0 Å². The number of unbranched alkanes of at least 4 members (excludes halogenated alkanes) is 1. The maximum Gasteiger partial charge on any atom is 0.224 e. The van der Waals surface area contributed by atoms with Gasteiger partial charge in [-0.15, -0.1) is 0 Å². The summed E-state index contributed by atoms with van der Waals surface area (Å²) in [5.74, 6) is 0.111. The highest BCUT2D eigenvalue weighted by Crippen LogP contribution is 2.36. The van der Waals surface area contributed by atoms with Crippen LogP contribution in [0.4, 0.5) is 10.1 Å². The highest BCUT2D eigenvalue weighted by Gasteiger charge is 2.16. The van der Waals surface area contributed by atoms with Crippen LogP contribution in [0.1, 0.15) is 26.2 Å². The number of aromatic amines is 2. The minimum absolute atomic E-state index is 0.0269. The van der Waals surface area contributed by atoms with E-state index in [2.05, 4.69) is 37.4 Å². The third-order valence-electron chi connectivity index (χ3n) is 7.45. The van der Waals surface area contributed by atoms with E-state index in [4.69, 9.17) is 4.74 Å². The largest absolute Gasteiger partial charge is 0.492 e. The molecular weight excluding hydrogens is 557 g/mol. The van der Waals surface area contributed by atoms with Gasteiger partial charge in [-0.1, -0.05) is 25.5 Å². The summed E-state index contributed by atoms with van der Waals surface area (Å²) in [4.78, 5) is 26.7. The van der Waals surface area contributed by atoms with E-state index in [1.165, 1.54) is 12.1 Å². The third kappa shape index (κ3) is 6.30. The molecule has 0 saturated heterocycles. The number of ether oxygens (including phenoxy) is 1. The highest BCUT2D eigenvalue weighted by molar-refractivity contribution is 6.01. The van der Waals surface area contributed by atoms with Crippen molar-refractivity contribution in [1.82, 2.24) is 30.0 Å². The first-order valence-electron chi connectivity index (χ1n) is 14.7. The summed E-state index contributed by atoms with van der Waals surface area (Å²) in [6.07, 6.45) is 7.41. The van der Waals surface area contributed by atoms with Crippen molar-refractivity contribution in [2.75, 3.05) is 32.6 Å². The Labute approximate surface area is 254 Å². The molecule has 0 radical (unpaired) electrons. The van der Waals surface area contributed by atoms with Crippen LogP contribution in [0.25, 0.3) is 55.6 Å². The molecule has 0 aliphatic heterocycles. The zero-order valence-electron chi connectivity index (χ0n) is 24.9. The SMILES string of the molecule is CCCCC(=O)Nc1cncc(-c2cnc3n[nH]c(-c4cc5c(-c6cc(F)cc(OCCN(C)C)c6)cccc5[nH]4)c3c2)c1. The molecular formula is C34H34FN7O2. The summed E-state index contributed by atoms with van der Waals surface area (Å²) < 4.78 is 20.5. The molecule has 224 valence electrons. The van der Waals surface area contributed by atoms with Crippen LogP contribution >= 0.6 is 0 Å². The normalized spacial score (nSPS) is 11.5. The second-order valence-electron chi connectivity index (χ2n) is 11.1. The van der Waals surface area contributed by atoms with Crippen molar-refractivity contribution in [3.05, 3.63) is 79.0 Å². The average molecular weight is 592 g/mol. The Morgan fingerprint density at radius 1 is 1.00 bits per heavy atom. The molecule has 9 nitrogen and oxygen atoms in total. The van der Waals surface area contributed by atoms with Crippen LogP contribution < -0.4 is 10.1 Å². The van der Waals surface area contributed by atoms with Gasteiger partial charge in [0.25, 0.3) is 0 Å². The lowest BCUT2D eigenvalue weighted by molar-refractivity contribution is -0.116. The number of fused-ring (bicyclic) bond motifs is 2. The molecule has 0 aliphatic carbocycles. The quantitative estimate of drug-likeness (QED) is 0.149. The molecule has 4 heterocycles. The lowest BCUT2D eigenvalue weighted by Crippen LogP contribution is -2.19. The number of amides is 1. The van der Waals surface area contributed by atoms with Crippen molar-refractivity contribution in [1.29, 1.82) is 0 Å². The van der Waals surface area contributed by atoms with E-state index in [0.29, 0.717) is 30.1 Å². The monoisotopic (exact) mass is 591 g/mol. The Balaban J connectivity index is 1.33. The standard InChI is InChI=1S/C34H34FN7O2/c1-4-5-9-32(43)38-25-13-22(18-36-20-25)23-15-29-33(40-41-34(29)37-19-23)31-17-28-27(7-6-8-30(28)39-31)21-12-24(35)16-26(14-21)44-11-10-42(2)3/h6-8,12-20,39H,4-5,9-11H2,1-3H3,(H,38,43)(H,37,40,41). The second-order valence-corrected chi connectivity index (χ2v) is 11.1. The van der Waals surface area contributed by atoms with Gasteiger partial charge in [0.15, 0.2) is 5.65 Å². The summed E-state index contributed by atoms with van der Waals surface area (Å²) in [5.41, 5.74) is 7.00. The predicted octanol–water partition coefficient (Wildman–Crippen LogP) is 7.04. The van der Waals surface area contributed by atoms with E-state index in [-0.39, 0.29) is 11.7 Å². The summed E-state index contributed by atoms with van der Waals surface area (Å²) in [6, 6.07) is 16.7. The van der Waals surface area contributed by atoms with Gasteiger partial charge in [0, 0.05) is 58.8 Å². The number of halogens is 1. The summed E-state index contributed by atoms with van der Waals surface area (Å²) >= 11 is 0. The number of benzene rings is 2. The molecule has 0 fully saturated rings. The number of rotatable bonds is 11. The van der Waals surface area contributed by atoms with Gasteiger partial charge in [-0.05, 0) is 68.0 Å². The molecule has 3 N–H and O–H groups in total. The first-order valence-corrected chi connectivity index (χ1v) is 14.7. The van der Waals surface area contributed by atoms with Crippen molar-refractivity contribution in [2.45, 2.75) is 26.2 Å². The molecule has 0 aliphatic rings. The van der Waals surface area contributed by atoms with Gasteiger partial charge in [-0.3, -0.25) is 14.9 Å². The van der Waals surface area contributed by atoms with Crippen LogP contribution in [-0.2, 0) is 4.79 Å². The molecule has 4 aromatic heterocycles. The first kappa shape index (κ1) is 29.0. The number of carbonyl (C=O) groups excluding carboxylic acids is 1. The van der Waals surface area contributed by atoms with Gasteiger partial charge in [-0.25, -0.2) is 9.37 Å². The number of anilines is 1. The maximum atomic E-state index is 14.7. The van der Waals surface area contributed by atoms with Gasteiger partial charge < -0.3 is 19.9 Å². The average Bonchev–Trinajstić information content (AvgIpc) is 3.63. The van der Waals surface area contributed by atoms with E-state index in [1.807, 2.05) is 61.5 Å². The number of likely N-dealkylation sites (N-methyl/N-ethyl adjacent to an activating group) is 1. The van der Waals surface area contributed by atoms with Gasteiger partial charge in [-0.2, -0.15) is 5.10 Å². The summed E-state index contributed by atoms with van der Waals surface area (Å²) in [7, 11) is 3.94. The molecule has 10 heteroatoms. The number of carbonyl (C=O) groups is 1. The fourth-order valence-electron chi connectivity index (χ4n) is 5.18. The molecule has 44 heavy (non-hydrogen) atoms. The Kier molecular flexibility index (Phi) is 8.33. The Bertz CT molecular complexity index is 1950.